The number of primary amides is 1. The van der Waals surface area contributed by atoms with Crippen LogP contribution in [0.1, 0.15) is 16.8 Å². The van der Waals surface area contributed by atoms with E-state index in [-0.39, 0.29) is 6.61 Å². The number of benzene rings is 1. The number of hydrogen-bond acceptors (Lipinski definition) is 5. The largest absolute Gasteiger partial charge is 0.487 e. The highest BCUT2D eigenvalue weighted by molar-refractivity contribution is 6.31. The van der Waals surface area contributed by atoms with Crippen molar-refractivity contribution >= 4 is 34.5 Å². The molecule has 3 aromatic heterocycles. The van der Waals surface area contributed by atoms with Gasteiger partial charge in [-0.2, -0.15) is 5.10 Å². The molecule has 7 nitrogen and oxygen atoms in total. The maximum Gasteiger partial charge on any atom is 0.241 e. The molecule has 0 unspecified atom stereocenters. The van der Waals surface area contributed by atoms with Crippen LogP contribution >= 0.6 is 11.6 Å². The fourth-order valence-corrected chi connectivity index (χ4v) is 3.63. The van der Waals surface area contributed by atoms with Crippen LogP contribution in [0.3, 0.4) is 0 Å². The van der Waals surface area contributed by atoms with Crippen molar-refractivity contribution in [1.82, 2.24) is 19.7 Å². The number of nitrogens with two attached hydrogens (primary N) is 1. The molecule has 8 heteroatoms. The van der Waals surface area contributed by atoms with Crippen molar-refractivity contribution in [3.63, 3.8) is 0 Å². The van der Waals surface area contributed by atoms with E-state index < -0.39 is 5.91 Å². The minimum absolute atomic E-state index is 0.176. The third-order valence-corrected chi connectivity index (χ3v) is 5.19. The second-order valence-electron chi connectivity index (χ2n) is 7.02. The first-order valence-electron chi connectivity index (χ1n) is 9.55. The van der Waals surface area contributed by atoms with Gasteiger partial charge in [-0.25, -0.2) is 4.98 Å². The molecule has 156 valence electrons. The van der Waals surface area contributed by atoms with Crippen LogP contribution in [-0.4, -0.2) is 25.7 Å². The van der Waals surface area contributed by atoms with E-state index >= 15 is 0 Å². The van der Waals surface area contributed by atoms with Crippen LogP contribution in [0.2, 0.25) is 5.02 Å². The topological polar surface area (TPSA) is 95.9 Å². The summed E-state index contributed by atoms with van der Waals surface area (Å²) in [4.78, 5) is 19.9. The van der Waals surface area contributed by atoms with Crippen LogP contribution in [0.25, 0.3) is 28.2 Å². The van der Waals surface area contributed by atoms with Gasteiger partial charge in [0.15, 0.2) is 0 Å². The number of pyridine rings is 2. The Hall–Kier alpha value is -3.71. The minimum Gasteiger partial charge on any atom is -0.487 e. The van der Waals surface area contributed by atoms with Gasteiger partial charge in [0, 0.05) is 59.5 Å². The summed E-state index contributed by atoms with van der Waals surface area (Å²) in [5, 5.41) is 5.68. The number of amides is 1. The van der Waals surface area contributed by atoms with Gasteiger partial charge in [0.2, 0.25) is 5.91 Å². The highest BCUT2D eigenvalue weighted by Crippen LogP contribution is 2.33. The lowest BCUT2D eigenvalue weighted by molar-refractivity contribution is -0.113. The predicted molar refractivity (Wildman–Crippen MR) is 120 cm³/mol. The van der Waals surface area contributed by atoms with Gasteiger partial charge in [0.05, 0.1) is 10.7 Å². The molecule has 3 heterocycles. The molecular weight excluding hydrogens is 414 g/mol. The van der Waals surface area contributed by atoms with Gasteiger partial charge in [0.25, 0.3) is 0 Å². The molecule has 0 radical (unpaired) electrons. The van der Waals surface area contributed by atoms with E-state index in [4.69, 9.17) is 27.1 Å². The van der Waals surface area contributed by atoms with E-state index in [1.807, 2.05) is 49.0 Å². The Morgan fingerprint density at radius 1 is 1.29 bits per heavy atom. The second-order valence-corrected chi connectivity index (χ2v) is 7.42. The molecule has 0 spiro atoms. The summed E-state index contributed by atoms with van der Waals surface area (Å²) in [6.45, 7) is 2.12. The molecule has 4 aromatic rings. The van der Waals surface area contributed by atoms with Crippen LogP contribution in [0, 0.1) is 6.92 Å². The first-order valence-corrected chi connectivity index (χ1v) is 9.93. The van der Waals surface area contributed by atoms with Crippen molar-refractivity contribution in [2.24, 2.45) is 12.8 Å². The maximum atomic E-state index is 11.1. The van der Waals surface area contributed by atoms with Crippen molar-refractivity contribution in [1.29, 1.82) is 0 Å². The van der Waals surface area contributed by atoms with Crippen LogP contribution in [-0.2, 0) is 18.4 Å². The molecule has 0 saturated heterocycles. The van der Waals surface area contributed by atoms with Crippen LogP contribution < -0.4 is 10.5 Å². The number of para-hydroxylation sites is 1. The van der Waals surface area contributed by atoms with E-state index in [1.54, 1.807) is 18.5 Å². The number of aryl methyl sites for hydroxylation is 2. The summed E-state index contributed by atoms with van der Waals surface area (Å²) in [6.07, 6.45) is 7.75. The van der Waals surface area contributed by atoms with E-state index in [2.05, 4.69) is 10.1 Å². The number of halogens is 1. The second kappa shape index (κ2) is 8.57. The van der Waals surface area contributed by atoms with Crippen molar-refractivity contribution in [2.45, 2.75) is 13.5 Å². The Kier molecular flexibility index (Phi) is 5.68. The number of hydrogen-bond donors (Lipinski definition) is 1. The zero-order valence-corrected chi connectivity index (χ0v) is 17.8. The Balaban J connectivity index is 1.74. The number of rotatable bonds is 6. The molecule has 0 fully saturated rings. The lowest BCUT2D eigenvalue weighted by atomic mass is 10.0. The Bertz CT molecular complexity index is 1310. The van der Waals surface area contributed by atoms with Gasteiger partial charge in [0.1, 0.15) is 17.9 Å². The smallest absolute Gasteiger partial charge is 0.241 e. The lowest BCUT2D eigenvalue weighted by Crippen LogP contribution is -2.06. The Labute approximate surface area is 184 Å². The number of fused-ring (bicyclic) bond motifs is 1. The minimum atomic E-state index is -0.553. The zero-order valence-electron chi connectivity index (χ0n) is 17.0. The van der Waals surface area contributed by atoms with Gasteiger partial charge in [-0.15, -0.1) is 0 Å². The third-order valence-electron chi connectivity index (χ3n) is 4.86. The van der Waals surface area contributed by atoms with E-state index in [9.17, 15) is 4.79 Å². The summed E-state index contributed by atoms with van der Waals surface area (Å²) in [5.74, 6) is 0.0746. The molecule has 31 heavy (non-hydrogen) atoms. The van der Waals surface area contributed by atoms with Crippen molar-refractivity contribution in [2.75, 3.05) is 0 Å². The molecule has 2 N–H and O–H groups in total. The summed E-state index contributed by atoms with van der Waals surface area (Å²) < 4.78 is 7.97. The average Bonchev–Trinajstić information content (AvgIpc) is 3.16. The van der Waals surface area contributed by atoms with Gasteiger partial charge in [-0.1, -0.05) is 23.7 Å². The van der Waals surface area contributed by atoms with Crippen LogP contribution in [0.4, 0.5) is 0 Å². The quantitative estimate of drug-likeness (QED) is 0.462. The molecule has 0 bridgehead atoms. The predicted octanol–water partition coefficient (Wildman–Crippen LogP) is 4.07. The Morgan fingerprint density at radius 3 is 2.87 bits per heavy atom. The molecule has 0 atom stereocenters. The summed E-state index contributed by atoms with van der Waals surface area (Å²) in [7, 11) is 1.91. The van der Waals surface area contributed by atoms with E-state index in [0.29, 0.717) is 21.9 Å². The molecule has 4 rings (SSSR count). The standard InChI is InChI=1S/C23H20ClN5O2/c1-14-10-17(20-8-9-27-29(20)2)16-4-3-5-21(23(16)28-14)31-13-18-15(6-7-22(25)30)11-26-12-19(18)24/h3-12H,13H2,1-2H3,(H2,25,30)/b7-6+. The third kappa shape index (κ3) is 4.27. The van der Waals surface area contributed by atoms with Crippen LogP contribution in [0.5, 0.6) is 5.75 Å². The first kappa shape index (κ1) is 20.6. The van der Waals surface area contributed by atoms with Crippen molar-refractivity contribution < 1.29 is 9.53 Å². The van der Waals surface area contributed by atoms with Gasteiger partial charge < -0.3 is 10.5 Å². The van der Waals surface area contributed by atoms with Crippen molar-refractivity contribution in [3.8, 4) is 17.0 Å². The average molecular weight is 434 g/mol. The molecule has 0 aliphatic carbocycles. The highest BCUT2D eigenvalue weighted by atomic mass is 35.5. The SMILES string of the molecule is Cc1cc(-c2ccnn2C)c2cccc(OCc3c(Cl)cncc3/C=C/C(N)=O)c2n1. The lowest BCUT2D eigenvalue weighted by Gasteiger charge is -2.14. The molecule has 0 saturated carbocycles. The highest BCUT2D eigenvalue weighted by Gasteiger charge is 2.14. The number of ether oxygens (including phenoxy) is 1. The fraction of sp³-hybridized carbons (Fsp3) is 0.130. The van der Waals surface area contributed by atoms with Gasteiger partial charge in [-0.3, -0.25) is 14.5 Å². The van der Waals surface area contributed by atoms with Gasteiger partial charge >= 0.3 is 0 Å². The number of nitrogens with zero attached hydrogens (tertiary/aromatic N) is 4. The molecule has 1 aromatic carbocycles. The first-order chi connectivity index (χ1) is 14.9. The van der Waals surface area contributed by atoms with Gasteiger partial charge in [-0.05, 0) is 31.2 Å². The molecule has 1 amide bonds. The summed E-state index contributed by atoms with van der Waals surface area (Å²) in [5.41, 5.74) is 10.2. The Morgan fingerprint density at radius 2 is 2.13 bits per heavy atom. The molecular formula is C23H20ClN5O2. The fourth-order valence-electron chi connectivity index (χ4n) is 3.41. The molecule has 0 aliphatic rings. The van der Waals surface area contributed by atoms with Crippen LogP contribution in [0.15, 0.2) is 55.0 Å². The summed E-state index contributed by atoms with van der Waals surface area (Å²) >= 11 is 6.35. The number of aromatic nitrogens is 4. The van der Waals surface area contributed by atoms with E-state index in [0.717, 1.165) is 27.9 Å². The zero-order chi connectivity index (χ0) is 22.0. The van der Waals surface area contributed by atoms with Crippen molar-refractivity contribution in [3.05, 3.63) is 76.8 Å². The number of carbonyl (C=O) groups is 1. The van der Waals surface area contributed by atoms with E-state index in [1.165, 1.54) is 12.3 Å². The normalized spacial score (nSPS) is 11.3. The molecule has 0 aliphatic heterocycles. The maximum absolute atomic E-state index is 11.1. The number of carbonyl (C=O) groups excluding carboxylic acids is 1. The summed E-state index contributed by atoms with van der Waals surface area (Å²) in [6, 6.07) is 9.81. The monoisotopic (exact) mass is 433 g/mol.